The van der Waals surface area contributed by atoms with E-state index in [4.69, 9.17) is 0 Å². The average molecular weight is 254 g/mol. The number of benzene rings is 1. The lowest BCUT2D eigenvalue weighted by atomic mass is 10.1. The molecule has 0 N–H and O–H groups in total. The highest BCUT2D eigenvalue weighted by atomic mass is 32.1. The molecule has 2 heterocycles. The Labute approximate surface area is 110 Å². The van der Waals surface area contributed by atoms with Crippen molar-refractivity contribution in [2.75, 3.05) is 0 Å². The van der Waals surface area contributed by atoms with Gasteiger partial charge in [0.15, 0.2) is 0 Å². The Balaban J connectivity index is 1.76. The largest absolute Gasteiger partial charge is 0.261 e. The fraction of sp³-hybridized carbons (Fsp3) is 0.200. The van der Waals surface area contributed by atoms with Crippen LogP contribution in [0.5, 0.6) is 0 Å². The number of rotatable bonds is 3. The minimum atomic E-state index is 0.992. The van der Waals surface area contributed by atoms with E-state index in [1.54, 1.807) is 11.3 Å². The summed E-state index contributed by atoms with van der Waals surface area (Å²) in [6, 6.07) is 10.7. The monoisotopic (exact) mass is 254 g/mol. The van der Waals surface area contributed by atoms with Crippen LogP contribution in [0.25, 0.3) is 10.2 Å². The van der Waals surface area contributed by atoms with Crippen molar-refractivity contribution < 1.29 is 0 Å². The number of nitrogens with zero attached hydrogens (tertiary/aromatic N) is 2. The van der Waals surface area contributed by atoms with E-state index in [-0.39, 0.29) is 0 Å². The molecule has 0 bridgehead atoms. The molecular weight excluding hydrogens is 240 g/mol. The van der Waals surface area contributed by atoms with Gasteiger partial charge in [0.05, 0.1) is 15.7 Å². The Morgan fingerprint density at radius 2 is 2.00 bits per heavy atom. The zero-order valence-electron chi connectivity index (χ0n) is 10.3. The predicted molar refractivity (Wildman–Crippen MR) is 76.0 cm³/mol. The molecule has 3 aromatic rings. The first-order valence-electron chi connectivity index (χ1n) is 6.05. The van der Waals surface area contributed by atoms with Crippen molar-refractivity contribution in [3.05, 3.63) is 58.9 Å². The van der Waals surface area contributed by atoms with Crippen LogP contribution in [0.2, 0.25) is 0 Å². The standard InChI is InChI=1S/C15H14N2S/c1-11-6-7-16-13(8-11)4-2-12-3-5-14-15(9-12)18-10-17-14/h3,5-10H,2,4H2,1H3. The molecule has 3 heteroatoms. The Hall–Kier alpha value is -1.74. The molecule has 0 spiro atoms. The summed E-state index contributed by atoms with van der Waals surface area (Å²) in [6.45, 7) is 2.11. The molecule has 0 atom stereocenters. The molecule has 2 nitrogen and oxygen atoms in total. The Morgan fingerprint density at radius 1 is 1.06 bits per heavy atom. The van der Waals surface area contributed by atoms with Crippen molar-refractivity contribution in [2.45, 2.75) is 19.8 Å². The molecule has 0 fully saturated rings. The molecular formula is C15H14N2S. The number of hydrogen-bond donors (Lipinski definition) is 0. The molecule has 2 aromatic heterocycles. The lowest BCUT2D eigenvalue weighted by molar-refractivity contribution is 0.912. The summed E-state index contributed by atoms with van der Waals surface area (Å²) < 4.78 is 1.27. The molecule has 0 aliphatic carbocycles. The van der Waals surface area contributed by atoms with Crippen molar-refractivity contribution >= 4 is 21.6 Å². The van der Waals surface area contributed by atoms with E-state index in [9.17, 15) is 0 Å². The van der Waals surface area contributed by atoms with Crippen LogP contribution in [-0.4, -0.2) is 9.97 Å². The Morgan fingerprint density at radius 3 is 2.89 bits per heavy atom. The Bertz CT molecular complexity index is 673. The second kappa shape index (κ2) is 4.86. The van der Waals surface area contributed by atoms with Gasteiger partial charge in [-0.1, -0.05) is 6.07 Å². The third-order valence-electron chi connectivity index (χ3n) is 3.04. The van der Waals surface area contributed by atoms with Gasteiger partial charge < -0.3 is 0 Å². The van der Waals surface area contributed by atoms with Crippen molar-refractivity contribution in [3.63, 3.8) is 0 Å². The molecule has 1 aromatic carbocycles. The van der Waals surface area contributed by atoms with Crippen LogP contribution in [0, 0.1) is 6.92 Å². The first-order valence-corrected chi connectivity index (χ1v) is 6.93. The maximum absolute atomic E-state index is 4.40. The molecule has 0 aliphatic rings. The van der Waals surface area contributed by atoms with Crippen molar-refractivity contribution in [1.29, 1.82) is 0 Å². The van der Waals surface area contributed by atoms with Gasteiger partial charge in [0.1, 0.15) is 0 Å². The zero-order chi connectivity index (χ0) is 12.4. The molecule has 0 saturated heterocycles. The van der Waals surface area contributed by atoms with Gasteiger partial charge in [0, 0.05) is 11.9 Å². The highest BCUT2D eigenvalue weighted by Gasteiger charge is 2.01. The first kappa shape index (κ1) is 11.4. The summed E-state index contributed by atoms with van der Waals surface area (Å²) in [7, 11) is 0. The summed E-state index contributed by atoms with van der Waals surface area (Å²) >= 11 is 1.70. The topological polar surface area (TPSA) is 25.8 Å². The van der Waals surface area contributed by atoms with E-state index in [2.05, 4.69) is 41.2 Å². The predicted octanol–water partition coefficient (Wildman–Crippen LogP) is 3.78. The molecule has 0 saturated carbocycles. The summed E-state index contributed by atoms with van der Waals surface area (Å²) in [5.41, 5.74) is 6.79. The lowest BCUT2D eigenvalue weighted by Crippen LogP contribution is -1.94. The van der Waals surface area contributed by atoms with Crippen molar-refractivity contribution in [3.8, 4) is 0 Å². The van der Waals surface area contributed by atoms with Crippen molar-refractivity contribution in [1.82, 2.24) is 9.97 Å². The summed E-state index contributed by atoms with van der Waals surface area (Å²) in [6.07, 6.45) is 3.91. The van der Waals surface area contributed by atoms with Gasteiger partial charge in [-0.2, -0.15) is 0 Å². The quantitative estimate of drug-likeness (QED) is 0.710. The van der Waals surface area contributed by atoms with Crippen LogP contribution in [0.3, 0.4) is 0 Å². The van der Waals surface area contributed by atoms with Crippen LogP contribution < -0.4 is 0 Å². The van der Waals surface area contributed by atoms with Crippen LogP contribution in [0.1, 0.15) is 16.8 Å². The SMILES string of the molecule is Cc1ccnc(CCc2ccc3ncsc3c2)c1. The number of fused-ring (bicyclic) bond motifs is 1. The van der Waals surface area contributed by atoms with E-state index in [0.29, 0.717) is 0 Å². The van der Waals surface area contributed by atoms with Gasteiger partial charge in [0.2, 0.25) is 0 Å². The summed E-state index contributed by atoms with van der Waals surface area (Å²) in [4.78, 5) is 8.69. The molecule has 3 rings (SSSR count). The lowest BCUT2D eigenvalue weighted by Gasteiger charge is -2.02. The Kier molecular flexibility index (Phi) is 3.07. The number of pyridine rings is 1. The maximum Gasteiger partial charge on any atom is 0.0812 e. The number of aromatic nitrogens is 2. The van der Waals surface area contributed by atoms with Gasteiger partial charge in [-0.25, -0.2) is 4.98 Å². The molecule has 0 amide bonds. The smallest absolute Gasteiger partial charge is 0.0812 e. The van der Waals surface area contributed by atoms with E-state index in [1.165, 1.54) is 21.5 Å². The number of hydrogen-bond acceptors (Lipinski definition) is 3. The van der Waals surface area contributed by atoms with Crippen molar-refractivity contribution in [2.24, 2.45) is 0 Å². The second-order valence-corrected chi connectivity index (χ2v) is 5.37. The molecule has 90 valence electrons. The van der Waals surface area contributed by atoms with Crippen LogP contribution in [-0.2, 0) is 12.8 Å². The molecule has 0 radical (unpaired) electrons. The third kappa shape index (κ3) is 2.41. The van der Waals surface area contributed by atoms with Gasteiger partial charge in [0.25, 0.3) is 0 Å². The number of aryl methyl sites for hydroxylation is 3. The maximum atomic E-state index is 4.40. The minimum Gasteiger partial charge on any atom is -0.261 e. The van der Waals surface area contributed by atoms with Gasteiger partial charge in [-0.05, 0) is 55.2 Å². The summed E-state index contributed by atoms with van der Waals surface area (Å²) in [5, 5.41) is 0. The van der Waals surface area contributed by atoms with E-state index < -0.39 is 0 Å². The minimum absolute atomic E-state index is 0.992. The molecule has 0 unspecified atom stereocenters. The highest BCUT2D eigenvalue weighted by molar-refractivity contribution is 7.16. The van der Waals surface area contributed by atoms with Gasteiger partial charge >= 0.3 is 0 Å². The fourth-order valence-corrected chi connectivity index (χ4v) is 2.80. The van der Waals surface area contributed by atoms with E-state index >= 15 is 0 Å². The molecule has 18 heavy (non-hydrogen) atoms. The van der Waals surface area contributed by atoms with Crippen LogP contribution in [0.4, 0.5) is 0 Å². The average Bonchev–Trinajstić information content (AvgIpc) is 2.84. The normalized spacial score (nSPS) is 10.9. The van der Waals surface area contributed by atoms with Gasteiger partial charge in [-0.3, -0.25) is 4.98 Å². The summed E-state index contributed by atoms with van der Waals surface area (Å²) in [5.74, 6) is 0. The highest BCUT2D eigenvalue weighted by Crippen LogP contribution is 2.19. The number of thiazole rings is 1. The third-order valence-corrected chi connectivity index (χ3v) is 3.83. The van der Waals surface area contributed by atoms with Crippen LogP contribution >= 0.6 is 11.3 Å². The van der Waals surface area contributed by atoms with E-state index in [0.717, 1.165) is 18.4 Å². The zero-order valence-corrected chi connectivity index (χ0v) is 11.1. The second-order valence-electron chi connectivity index (χ2n) is 4.48. The van der Waals surface area contributed by atoms with Crippen LogP contribution in [0.15, 0.2) is 42.0 Å². The fourth-order valence-electron chi connectivity index (χ4n) is 2.06. The van der Waals surface area contributed by atoms with Gasteiger partial charge in [-0.15, -0.1) is 11.3 Å². The van der Waals surface area contributed by atoms with E-state index in [1.807, 2.05) is 17.8 Å². The molecule has 0 aliphatic heterocycles. The first-order chi connectivity index (χ1) is 8.81.